The van der Waals surface area contributed by atoms with Crippen LogP contribution in [-0.4, -0.2) is 20.1 Å². The van der Waals surface area contributed by atoms with Crippen molar-refractivity contribution in [1.29, 1.82) is 0 Å². The molecule has 0 aliphatic rings. The van der Waals surface area contributed by atoms with E-state index in [4.69, 9.17) is 16.0 Å². The van der Waals surface area contributed by atoms with Crippen LogP contribution < -0.4 is 35.4 Å². The Bertz CT molecular complexity index is 558. The van der Waals surface area contributed by atoms with Gasteiger partial charge in [0.15, 0.2) is 0 Å². The van der Waals surface area contributed by atoms with Crippen LogP contribution in [0.2, 0.25) is 5.02 Å². The highest BCUT2D eigenvalue weighted by Gasteiger charge is 2.06. The van der Waals surface area contributed by atoms with E-state index >= 15 is 0 Å². The smallest absolute Gasteiger partial charge is 0.134 e. The first kappa shape index (κ1) is 21.3. The minimum atomic E-state index is 0. The highest BCUT2D eigenvalue weighted by Crippen LogP contribution is 2.26. The Hall–Kier alpha value is -0.710. The quantitative estimate of drug-likeness (QED) is 0.539. The molecule has 1 aromatic carbocycles. The Labute approximate surface area is 149 Å². The summed E-state index contributed by atoms with van der Waals surface area (Å²) in [7, 11) is 1.96. The van der Waals surface area contributed by atoms with Crippen LogP contribution in [0.1, 0.15) is 17.7 Å². The molecule has 2 aromatic rings. The van der Waals surface area contributed by atoms with Gasteiger partial charge in [-0.25, -0.2) is 0 Å². The first-order valence-corrected chi connectivity index (χ1v) is 7.29. The fourth-order valence-electron chi connectivity index (χ4n) is 1.98. The maximum atomic E-state index is 6.14. The Kier molecular flexibility index (Phi) is 10.6. The molecule has 0 atom stereocenters. The lowest BCUT2D eigenvalue weighted by Crippen LogP contribution is -3.00. The van der Waals surface area contributed by atoms with E-state index < -0.39 is 0 Å². The topological polar surface area (TPSA) is 37.2 Å². The van der Waals surface area contributed by atoms with Gasteiger partial charge in [0.25, 0.3) is 0 Å². The van der Waals surface area contributed by atoms with Crippen molar-refractivity contribution in [2.24, 2.45) is 0 Å². The lowest BCUT2D eigenvalue weighted by atomic mass is 10.1. The van der Waals surface area contributed by atoms with Crippen LogP contribution in [0, 0.1) is 6.92 Å². The van der Waals surface area contributed by atoms with Crippen LogP contribution >= 0.6 is 11.6 Å². The van der Waals surface area contributed by atoms with Crippen LogP contribution in [0.15, 0.2) is 34.7 Å². The molecule has 0 aliphatic heterocycles. The van der Waals surface area contributed by atoms with Crippen molar-refractivity contribution in [1.82, 2.24) is 10.6 Å². The van der Waals surface area contributed by atoms with Gasteiger partial charge in [0.05, 0.1) is 6.54 Å². The van der Waals surface area contributed by atoms with Crippen LogP contribution in [0.5, 0.6) is 0 Å². The van der Waals surface area contributed by atoms with Crippen LogP contribution in [0.25, 0.3) is 11.3 Å². The maximum absolute atomic E-state index is 6.14. The summed E-state index contributed by atoms with van der Waals surface area (Å²) in [6, 6.07) is 9.99. The van der Waals surface area contributed by atoms with Gasteiger partial charge < -0.3 is 39.9 Å². The third-order valence-electron chi connectivity index (χ3n) is 3.20. The summed E-state index contributed by atoms with van der Waals surface area (Å²) in [5, 5.41) is 7.26. The summed E-state index contributed by atoms with van der Waals surface area (Å²) >= 11 is 6.14. The Morgan fingerprint density at radius 1 is 1.09 bits per heavy atom. The van der Waals surface area contributed by atoms with Gasteiger partial charge in [-0.05, 0) is 57.2 Å². The van der Waals surface area contributed by atoms with Crippen LogP contribution in [-0.2, 0) is 6.54 Å². The standard InChI is InChI=1S/C16H21ClN2O.2ClH/c1-12-4-5-13(10-15(12)17)16-7-6-14(20-16)11-19-9-3-8-18-2;;/h4-7,10,18-19H,3,8-9,11H2,1-2H3;2*1H/p-2. The highest BCUT2D eigenvalue weighted by atomic mass is 35.5. The van der Waals surface area contributed by atoms with E-state index in [0.717, 1.165) is 53.7 Å². The molecule has 124 valence electrons. The SMILES string of the molecule is CNCCCNCc1ccc(-c2ccc(C)c(Cl)c2)o1.[Cl-].[Cl-]. The van der Waals surface area contributed by atoms with E-state index in [1.54, 1.807) is 0 Å². The summed E-state index contributed by atoms with van der Waals surface area (Å²) in [4.78, 5) is 0. The lowest BCUT2D eigenvalue weighted by molar-refractivity contribution is -0.001000. The molecular formula is C16H21Cl3N2O-2. The van der Waals surface area contributed by atoms with Gasteiger partial charge in [-0.3, -0.25) is 0 Å². The molecule has 2 rings (SSSR count). The summed E-state index contributed by atoms with van der Waals surface area (Å²) < 4.78 is 5.83. The molecule has 0 radical (unpaired) electrons. The summed E-state index contributed by atoms with van der Waals surface area (Å²) in [6.07, 6.45) is 1.11. The minimum Gasteiger partial charge on any atom is -1.00 e. The largest absolute Gasteiger partial charge is 1.00 e. The number of hydrogen-bond acceptors (Lipinski definition) is 3. The minimum absolute atomic E-state index is 0. The zero-order valence-electron chi connectivity index (χ0n) is 12.8. The van der Waals surface area contributed by atoms with Crippen molar-refractivity contribution in [3.05, 3.63) is 46.7 Å². The third kappa shape index (κ3) is 6.19. The molecule has 0 aliphatic carbocycles. The molecule has 2 N–H and O–H groups in total. The van der Waals surface area contributed by atoms with E-state index in [9.17, 15) is 0 Å². The molecule has 1 heterocycles. The van der Waals surface area contributed by atoms with E-state index in [1.807, 2.05) is 44.3 Å². The first-order chi connectivity index (χ1) is 9.70. The number of benzene rings is 1. The molecule has 0 unspecified atom stereocenters. The van der Waals surface area contributed by atoms with E-state index in [0.29, 0.717) is 0 Å². The number of nitrogens with one attached hydrogen (secondary N) is 2. The fraction of sp³-hybridized carbons (Fsp3) is 0.375. The average Bonchev–Trinajstić information content (AvgIpc) is 2.90. The molecule has 3 nitrogen and oxygen atoms in total. The van der Waals surface area contributed by atoms with E-state index in [2.05, 4.69) is 10.6 Å². The van der Waals surface area contributed by atoms with Crippen LogP contribution in [0.4, 0.5) is 0 Å². The summed E-state index contributed by atoms with van der Waals surface area (Å²) in [5.41, 5.74) is 2.09. The number of hydrogen-bond donors (Lipinski definition) is 2. The zero-order valence-corrected chi connectivity index (χ0v) is 15.0. The number of aryl methyl sites for hydroxylation is 1. The van der Waals surface area contributed by atoms with Crippen LogP contribution in [0.3, 0.4) is 0 Å². The Morgan fingerprint density at radius 3 is 2.55 bits per heavy atom. The van der Waals surface area contributed by atoms with Crippen molar-refractivity contribution in [2.75, 3.05) is 20.1 Å². The second kappa shape index (κ2) is 10.9. The van der Waals surface area contributed by atoms with Gasteiger partial charge in [-0.15, -0.1) is 0 Å². The highest BCUT2D eigenvalue weighted by molar-refractivity contribution is 6.31. The van der Waals surface area contributed by atoms with Gasteiger partial charge in [0.1, 0.15) is 11.5 Å². The molecule has 0 amide bonds. The summed E-state index contributed by atoms with van der Waals surface area (Å²) in [6.45, 7) is 4.75. The molecule has 0 saturated heterocycles. The van der Waals surface area contributed by atoms with Crippen molar-refractivity contribution in [3.63, 3.8) is 0 Å². The normalized spacial score (nSPS) is 9.95. The van der Waals surface area contributed by atoms with Gasteiger partial charge in [0.2, 0.25) is 0 Å². The van der Waals surface area contributed by atoms with Crippen molar-refractivity contribution >= 4 is 11.6 Å². The van der Waals surface area contributed by atoms with Crippen molar-refractivity contribution in [2.45, 2.75) is 19.9 Å². The van der Waals surface area contributed by atoms with E-state index in [1.165, 1.54) is 0 Å². The average molecular weight is 364 g/mol. The number of halogens is 3. The Morgan fingerprint density at radius 2 is 1.86 bits per heavy atom. The van der Waals surface area contributed by atoms with Gasteiger partial charge in [-0.1, -0.05) is 23.7 Å². The Balaban J connectivity index is 0.00000220. The third-order valence-corrected chi connectivity index (χ3v) is 3.60. The van der Waals surface area contributed by atoms with Crippen molar-refractivity contribution in [3.8, 4) is 11.3 Å². The second-order valence-corrected chi connectivity index (χ2v) is 5.27. The zero-order chi connectivity index (χ0) is 14.4. The first-order valence-electron chi connectivity index (χ1n) is 6.91. The molecule has 0 saturated carbocycles. The predicted octanol–water partition coefficient (Wildman–Crippen LogP) is -2.38. The molecule has 22 heavy (non-hydrogen) atoms. The molecule has 0 fully saturated rings. The summed E-state index contributed by atoms with van der Waals surface area (Å²) in [5.74, 6) is 1.81. The number of furan rings is 1. The lowest BCUT2D eigenvalue weighted by Gasteiger charge is -2.03. The molecule has 6 heteroatoms. The molecule has 0 bridgehead atoms. The van der Waals surface area contributed by atoms with E-state index in [-0.39, 0.29) is 24.8 Å². The van der Waals surface area contributed by atoms with Gasteiger partial charge in [0, 0.05) is 10.6 Å². The van der Waals surface area contributed by atoms with Gasteiger partial charge >= 0.3 is 0 Å². The van der Waals surface area contributed by atoms with Crippen molar-refractivity contribution < 1.29 is 29.2 Å². The second-order valence-electron chi connectivity index (χ2n) is 4.86. The number of rotatable bonds is 7. The molecule has 0 spiro atoms. The molecular weight excluding hydrogens is 343 g/mol. The molecule has 1 aromatic heterocycles. The predicted molar refractivity (Wildman–Crippen MR) is 84.1 cm³/mol. The van der Waals surface area contributed by atoms with Gasteiger partial charge in [-0.2, -0.15) is 0 Å². The monoisotopic (exact) mass is 362 g/mol. The maximum Gasteiger partial charge on any atom is 0.134 e. The fourth-order valence-corrected chi connectivity index (χ4v) is 2.16.